The average Bonchev–Trinajstić information content (AvgIpc) is 3.12. The van der Waals surface area contributed by atoms with Gasteiger partial charge >= 0.3 is 0 Å². The van der Waals surface area contributed by atoms with Crippen molar-refractivity contribution in [3.05, 3.63) is 54.1 Å². The van der Waals surface area contributed by atoms with Crippen LogP contribution in [-0.2, 0) is 4.79 Å². The van der Waals surface area contributed by atoms with E-state index in [1.807, 2.05) is 36.4 Å². The molecule has 1 atom stereocenters. The Bertz CT molecular complexity index is 770. The van der Waals surface area contributed by atoms with Crippen molar-refractivity contribution in [2.24, 2.45) is 5.92 Å². The molecule has 2 aromatic carbocycles. The number of fused-ring (bicyclic) bond motifs is 1. The second-order valence-corrected chi connectivity index (χ2v) is 7.24. The van der Waals surface area contributed by atoms with Crippen molar-refractivity contribution in [1.82, 2.24) is 0 Å². The van der Waals surface area contributed by atoms with Gasteiger partial charge in [0.2, 0.25) is 6.79 Å². The maximum absolute atomic E-state index is 13.2. The molecule has 4 rings (SSSR count). The number of quaternary nitrogens is 1. The molecule has 0 saturated carbocycles. The fourth-order valence-electron chi connectivity index (χ4n) is 3.83. The summed E-state index contributed by atoms with van der Waals surface area (Å²) in [6.45, 7) is 4.57. The van der Waals surface area contributed by atoms with Gasteiger partial charge in [-0.15, -0.1) is 0 Å². The van der Waals surface area contributed by atoms with Crippen LogP contribution < -0.4 is 19.7 Å². The zero-order valence-corrected chi connectivity index (χ0v) is 15.0. The zero-order chi connectivity index (χ0) is 17.9. The molecule has 1 amide bonds. The maximum Gasteiger partial charge on any atom is 0.287 e. The fraction of sp³-hybridized carbons (Fsp3) is 0.381. The third-order valence-corrected chi connectivity index (χ3v) is 5.36. The van der Waals surface area contributed by atoms with Crippen LogP contribution in [-0.4, -0.2) is 25.8 Å². The molecule has 26 heavy (non-hydrogen) atoms. The van der Waals surface area contributed by atoms with E-state index in [4.69, 9.17) is 9.47 Å². The van der Waals surface area contributed by atoms with E-state index >= 15 is 0 Å². The van der Waals surface area contributed by atoms with Gasteiger partial charge in [0.05, 0.1) is 13.1 Å². The lowest BCUT2D eigenvalue weighted by molar-refractivity contribution is -0.927. The number of carbonyl (C=O) groups is 1. The second kappa shape index (κ2) is 7.38. The quantitative estimate of drug-likeness (QED) is 0.888. The Labute approximate surface area is 153 Å². The minimum atomic E-state index is -0.200. The Hall–Kier alpha value is -2.53. The molecule has 0 bridgehead atoms. The summed E-state index contributed by atoms with van der Waals surface area (Å²) in [5, 5.41) is 3.08. The van der Waals surface area contributed by atoms with Gasteiger partial charge in [-0.1, -0.05) is 37.3 Å². The first-order valence-electron chi connectivity index (χ1n) is 9.31. The smallest absolute Gasteiger partial charge is 0.287 e. The number of ether oxygens (including phenoxy) is 2. The van der Waals surface area contributed by atoms with Crippen molar-refractivity contribution >= 4 is 11.6 Å². The van der Waals surface area contributed by atoms with Crippen LogP contribution in [0.15, 0.2) is 48.5 Å². The van der Waals surface area contributed by atoms with Crippen LogP contribution in [0.25, 0.3) is 0 Å². The number of anilines is 1. The first kappa shape index (κ1) is 16.9. The van der Waals surface area contributed by atoms with Crippen LogP contribution in [0.4, 0.5) is 5.69 Å². The average molecular weight is 353 g/mol. The molecule has 5 nitrogen and oxygen atoms in total. The van der Waals surface area contributed by atoms with Crippen LogP contribution >= 0.6 is 0 Å². The minimum absolute atomic E-state index is 0.0274. The van der Waals surface area contributed by atoms with E-state index in [0.29, 0.717) is 5.75 Å². The molecule has 0 aliphatic carbocycles. The molecule has 2 aromatic rings. The Morgan fingerprint density at radius 3 is 2.58 bits per heavy atom. The van der Waals surface area contributed by atoms with E-state index in [2.05, 4.69) is 24.4 Å². The van der Waals surface area contributed by atoms with Crippen LogP contribution in [0.1, 0.15) is 31.4 Å². The molecular formula is C21H25N2O3+. The number of benzene rings is 2. The number of rotatable bonds is 4. The largest absolute Gasteiger partial charge is 0.454 e. The molecule has 1 saturated heterocycles. The summed E-state index contributed by atoms with van der Waals surface area (Å²) in [4.78, 5) is 14.5. The number of nitrogens with one attached hydrogen (secondary N) is 2. The SMILES string of the molecule is CC1CC[NH+](C(C(=O)Nc2ccc3c(c2)OCO3)c2ccccc2)CC1. The summed E-state index contributed by atoms with van der Waals surface area (Å²) in [6.07, 6.45) is 2.33. The Kier molecular flexibility index (Phi) is 4.80. The molecule has 0 aromatic heterocycles. The van der Waals surface area contributed by atoms with Crippen molar-refractivity contribution in [1.29, 1.82) is 0 Å². The first-order chi connectivity index (χ1) is 12.7. The third-order valence-electron chi connectivity index (χ3n) is 5.36. The molecule has 1 fully saturated rings. The number of hydrogen-bond donors (Lipinski definition) is 2. The van der Waals surface area contributed by atoms with E-state index in [0.717, 1.165) is 48.8 Å². The standard InChI is InChI=1S/C21H24N2O3/c1-15-9-11-23(12-10-15)20(16-5-3-2-4-6-16)21(24)22-17-7-8-18-19(13-17)26-14-25-18/h2-8,13,15,20H,9-12,14H2,1H3,(H,22,24)/p+1. The zero-order valence-electron chi connectivity index (χ0n) is 15.0. The van der Waals surface area contributed by atoms with Gasteiger partial charge < -0.3 is 19.7 Å². The number of carbonyl (C=O) groups excluding carboxylic acids is 1. The lowest BCUT2D eigenvalue weighted by Gasteiger charge is -2.33. The summed E-state index contributed by atoms with van der Waals surface area (Å²) in [7, 11) is 0. The van der Waals surface area contributed by atoms with Crippen molar-refractivity contribution in [2.45, 2.75) is 25.8 Å². The second-order valence-electron chi connectivity index (χ2n) is 7.24. The van der Waals surface area contributed by atoms with Crippen molar-refractivity contribution < 1.29 is 19.2 Å². The lowest BCUT2D eigenvalue weighted by atomic mass is 9.95. The van der Waals surface area contributed by atoms with E-state index < -0.39 is 0 Å². The summed E-state index contributed by atoms with van der Waals surface area (Å²) in [6, 6.07) is 15.4. The van der Waals surface area contributed by atoms with E-state index in [1.165, 1.54) is 4.90 Å². The Morgan fingerprint density at radius 1 is 1.08 bits per heavy atom. The van der Waals surface area contributed by atoms with E-state index in [1.54, 1.807) is 0 Å². The highest BCUT2D eigenvalue weighted by Gasteiger charge is 2.34. The highest BCUT2D eigenvalue weighted by atomic mass is 16.7. The predicted molar refractivity (Wildman–Crippen MR) is 99.5 cm³/mol. The van der Waals surface area contributed by atoms with Gasteiger partial charge in [-0.3, -0.25) is 4.79 Å². The van der Waals surface area contributed by atoms with Crippen molar-refractivity contribution in [3.8, 4) is 11.5 Å². The van der Waals surface area contributed by atoms with Crippen LogP contribution in [0.3, 0.4) is 0 Å². The summed E-state index contributed by atoms with van der Waals surface area (Å²) < 4.78 is 10.8. The van der Waals surface area contributed by atoms with Crippen LogP contribution in [0.5, 0.6) is 11.5 Å². The van der Waals surface area contributed by atoms with Crippen molar-refractivity contribution in [3.63, 3.8) is 0 Å². The fourth-order valence-corrected chi connectivity index (χ4v) is 3.83. The highest BCUT2D eigenvalue weighted by Crippen LogP contribution is 2.34. The van der Waals surface area contributed by atoms with Crippen LogP contribution in [0.2, 0.25) is 0 Å². The summed E-state index contributed by atoms with van der Waals surface area (Å²) in [5.41, 5.74) is 1.81. The normalized spacial score (nSPS) is 22.7. The molecule has 2 aliphatic rings. The van der Waals surface area contributed by atoms with E-state index in [-0.39, 0.29) is 18.7 Å². The molecule has 0 spiro atoms. The number of hydrogen-bond acceptors (Lipinski definition) is 3. The van der Waals surface area contributed by atoms with Crippen LogP contribution in [0, 0.1) is 5.92 Å². The Balaban J connectivity index is 1.56. The molecule has 136 valence electrons. The van der Waals surface area contributed by atoms with Gasteiger partial charge in [0, 0.05) is 17.3 Å². The van der Waals surface area contributed by atoms with Gasteiger partial charge in [-0.05, 0) is 30.9 Å². The van der Waals surface area contributed by atoms with E-state index in [9.17, 15) is 4.79 Å². The summed E-state index contributed by atoms with van der Waals surface area (Å²) in [5.74, 6) is 2.17. The highest BCUT2D eigenvalue weighted by molar-refractivity contribution is 5.95. The predicted octanol–water partition coefficient (Wildman–Crippen LogP) is 2.41. The molecule has 1 unspecified atom stereocenters. The number of amides is 1. The molecule has 0 radical (unpaired) electrons. The van der Waals surface area contributed by atoms with Gasteiger partial charge in [0.25, 0.3) is 5.91 Å². The van der Waals surface area contributed by atoms with Gasteiger partial charge in [0.15, 0.2) is 17.5 Å². The maximum atomic E-state index is 13.2. The third kappa shape index (κ3) is 3.53. The molecule has 2 heterocycles. The first-order valence-corrected chi connectivity index (χ1v) is 9.31. The molecule has 5 heteroatoms. The Morgan fingerprint density at radius 2 is 1.81 bits per heavy atom. The van der Waals surface area contributed by atoms with Crippen molar-refractivity contribution in [2.75, 3.05) is 25.2 Å². The minimum Gasteiger partial charge on any atom is -0.454 e. The van der Waals surface area contributed by atoms with Gasteiger partial charge in [-0.25, -0.2) is 0 Å². The van der Waals surface area contributed by atoms with Gasteiger partial charge in [0.1, 0.15) is 0 Å². The number of likely N-dealkylation sites (tertiary alicyclic amines) is 1. The molecule has 2 N–H and O–H groups in total. The van der Waals surface area contributed by atoms with Gasteiger partial charge in [-0.2, -0.15) is 0 Å². The monoisotopic (exact) mass is 353 g/mol. The topological polar surface area (TPSA) is 52.0 Å². The summed E-state index contributed by atoms with van der Waals surface area (Å²) >= 11 is 0. The lowest BCUT2D eigenvalue weighted by Crippen LogP contribution is -3.14. The number of piperidine rings is 1. The molecular weight excluding hydrogens is 328 g/mol. The molecule has 2 aliphatic heterocycles.